The van der Waals surface area contributed by atoms with Crippen LogP contribution in [0.4, 0.5) is 5.82 Å². The van der Waals surface area contributed by atoms with Gasteiger partial charge in [-0.1, -0.05) is 0 Å². The molecule has 0 radical (unpaired) electrons. The van der Waals surface area contributed by atoms with E-state index < -0.39 is 11.2 Å². The molecule has 2 unspecified atom stereocenters. The summed E-state index contributed by atoms with van der Waals surface area (Å²) in [6.07, 6.45) is 0. The summed E-state index contributed by atoms with van der Waals surface area (Å²) >= 11 is 0. The van der Waals surface area contributed by atoms with Gasteiger partial charge in [-0.2, -0.15) is 0 Å². The molecule has 1 fully saturated rings. The second kappa shape index (κ2) is 6.05. The molecule has 2 N–H and O–H groups in total. The van der Waals surface area contributed by atoms with Gasteiger partial charge in [0.2, 0.25) is 0 Å². The summed E-state index contributed by atoms with van der Waals surface area (Å²) in [7, 11) is 2.77. The van der Waals surface area contributed by atoms with Crippen LogP contribution in [-0.4, -0.2) is 51.7 Å². The maximum absolute atomic E-state index is 12.6. The van der Waals surface area contributed by atoms with Crippen molar-refractivity contribution in [2.75, 3.05) is 25.5 Å². The summed E-state index contributed by atoms with van der Waals surface area (Å²) in [4.78, 5) is 38.6. The fourth-order valence-electron chi connectivity index (χ4n) is 2.71. The van der Waals surface area contributed by atoms with E-state index in [-0.39, 0.29) is 35.8 Å². The van der Waals surface area contributed by atoms with Crippen molar-refractivity contribution in [3.63, 3.8) is 0 Å². The molecule has 1 saturated heterocycles. The molecule has 1 aliphatic heterocycles. The zero-order chi connectivity index (χ0) is 16.6. The monoisotopic (exact) mass is 310 g/mol. The Kier molecular flexibility index (Phi) is 4.52. The predicted octanol–water partition coefficient (Wildman–Crippen LogP) is -1.04. The third-order valence-electron chi connectivity index (χ3n) is 4.17. The molecule has 122 valence electrons. The number of Topliss-reactive ketones (excluding diaryl/α,β-unsaturated/α-hetero) is 1. The molecule has 0 spiro atoms. The van der Waals surface area contributed by atoms with Gasteiger partial charge in [0, 0.05) is 26.2 Å². The lowest BCUT2D eigenvalue weighted by molar-refractivity contribution is -0.0327. The summed E-state index contributed by atoms with van der Waals surface area (Å²) in [6.45, 7) is 5.08. The van der Waals surface area contributed by atoms with Crippen molar-refractivity contribution in [1.82, 2.24) is 14.0 Å². The number of nitrogens with zero attached hydrogens (tertiary/aromatic N) is 3. The Balaban J connectivity index is 2.39. The fraction of sp³-hybridized carbons (Fsp3) is 0.643. The lowest BCUT2D eigenvalue weighted by atomic mass is 10.1. The van der Waals surface area contributed by atoms with Crippen LogP contribution < -0.4 is 17.0 Å². The van der Waals surface area contributed by atoms with Crippen molar-refractivity contribution in [3.8, 4) is 0 Å². The number of carbonyl (C=O) groups is 1. The molecule has 1 aliphatic rings. The van der Waals surface area contributed by atoms with Crippen LogP contribution in [0.3, 0.4) is 0 Å². The summed E-state index contributed by atoms with van der Waals surface area (Å²) < 4.78 is 7.43. The molecule has 0 aromatic carbocycles. The first-order chi connectivity index (χ1) is 10.3. The van der Waals surface area contributed by atoms with Gasteiger partial charge in [-0.15, -0.1) is 0 Å². The molecular weight excluding hydrogens is 288 g/mol. The van der Waals surface area contributed by atoms with Gasteiger partial charge in [-0.3, -0.25) is 23.6 Å². The molecule has 0 saturated carbocycles. The molecule has 0 aliphatic carbocycles. The molecule has 1 aromatic rings. The molecule has 2 rings (SSSR count). The van der Waals surface area contributed by atoms with E-state index in [0.29, 0.717) is 13.2 Å². The van der Waals surface area contributed by atoms with E-state index in [1.54, 1.807) is 0 Å². The van der Waals surface area contributed by atoms with Crippen LogP contribution in [0.1, 0.15) is 24.2 Å². The smallest absolute Gasteiger partial charge is 0.332 e. The second-order valence-corrected chi connectivity index (χ2v) is 5.80. The summed E-state index contributed by atoms with van der Waals surface area (Å²) in [5.41, 5.74) is 4.48. The van der Waals surface area contributed by atoms with Gasteiger partial charge >= 0.3 is 5.69 Å². The third-order valence-corrected chi connectivity index (χ3v) is 4.17. The van der Waals surface area contributed by atoms with Gasteiger partial charge in [0.1, 0.15) is 11.4 Å². The number of morpholine rings is 1. The van der Waals surface area contributed by atoms with Crippen molar-refractivity contribution in [1.29, 1.82) is 0 Å². The van der Waals surface area contributed by atoms with Crippen LogP contribution in [0.2, 0.25) is 0 Å². The topological polar surface area (TPSA) is 99.6 Å². The van der Waals surface area contributed by atoms with Crippen LogP contribution in [0, 0.1) is 0 Å². The van der Waals surface area contributed by atoms with E-state index in [0.717, 1.165) is 9.13 Å². The molecule has 2 atom stereocenters. The van der Waals surface area contributed by atoms with Crippen molar-refractivity contribution in [2.45, 2.75) is 25.9 Å². The number of hydrogen-bond acceptors (Lipinski definition) is 6. The molecule has 8 heteroatoms. The number of nitrogens with two attached hydrogens (primary N) is 1. The number of ketones is 1. The van der Waals surface area contributed by atoms with Crippen molar-refractivity contribution in [3.05, 3.63) is 26.4 Å². The maximum Gasteiger partial charge on any atom is 0.332 e. The van der Waals surface area contributed by atoms with E-state index in [2.05, 4.69) is 0 Å². The summed E-state index contributed by atoms with van der Waals surface area (Å²) in [6, 6.07) is 0.149. The van der Waals surface area contributed by atoms with Crippen molar-refractivity contribution < 1.29 is 9.53 Å². The first-order valence-electron chi connectivity index (χ1n) is 7.17. The number of aromatic nitrogens is 2. The Morgan fingerprint density at radius 1 is 1.18 bits per heavy atom. The summed E-state index contributed by atoms with van der Waals surface area (Å²) in [5.74, 6) is -0.471. The van der Waals surface area contributed by atoms with E-state index in [9.17, 15) is 14.4 Å². The first kappa shape index (κ1) is 16.4. The Labute approximate surface area is 128 Å². The van der Waals surface area contributed by atoms with Crippen LogP contribution in [-0.2, 0) is 18.8 Å². The fourth-order valence-corrected chi connectivity index (χ4v) is 2.71. The second-order valence-electron chi connectivity index (χ2n) is 5.80. The molecule has 1 aromatic heterocycles. The Hall–Kier alpha value is -1.93. The largest absolute Gasteiger partial charge is 0.384 e. The molecule has 0 bridgehead atoms. The third kappa shape index (κ3) is 2.71. The lowest BCUT2D eigenvalue weighted by Gasteiger charge is -2.38. The Morgan fingerprint density at radius 2 is 1.73 bits per heavy atom. The molecule has 0 amide bonds. The molecule has 22 heavy (non-hydrogen) atoms. The highest BCUT2D eigenvalue weighted by atomic mass is 16.5. The number of ether oxygens (including phenoxy) is 1. The minimum atomic E-state index is -0.654. The molecule has 2 heterocycles. The van der Waals surface area contributed by atoms with Gasteiger partial charge in [-0.05, 0) is 13.8 Å². The Bertz CT molecular complexity index is 696. The molecule has 8 nitrogen and oxygen atoms in total. The predicted molar refractivity (Wildman–Crippen MR) is 82.1 cm³/mol. The number of rotatable bonds is 3. The highest BCUT2D eigenvalue weighted by Crippen LogP contribution is 2.14. The van der Waals surface area contributed by atoms with E-state index >= 15 is 0 Å². The van der Waals surface area contributed by atoms with Crippen molar-refractivity contribution in [2.24, 2.45) is 14.1 Å². The number of nitrogen functional groups attached to an aromatic ring is 1. The number of carbonyl (C=O) groups excluding carboxylic acids is 1. The van der Waals surface area contributed by atoms with Crippen molar-refractivity contribution >= 4 is 11.6 Å². The van der Waals surface area contributed by atoms with Gasteiger partial charge in [0.15, 0.2) is 5.78 Å². The van der Waals surface area contributed by atoms with Gasteiger partial charge in [0.05, 0.1) is 19.8 Å². The highest BCUT2D eigenvalue weighted by Gasteiger charge is 2.29. The van der Waals surface area contributed by atoms with Gasteiger partial charge in [-0.25, -0.2) is 4.79 Å². The zero-order valence-corrected chi connectivity index (χ0v) is 13.3. The SMILES string of the molecule is CC1COCC(C)N1CC(=O)c1c(N)n(C)c(=O)n(C)c1=O. The average molecular weight is 310 g/mol. The standard InChI is InChI=1S/C14H22N4O4/c1-8-6-22-7-9(2)18(8)5-10(19)11-12(15)16(3)14(21)17(4)13(11)20/h8-9H,5-7,15H2,1-4H3. The van der Waals surface area contributed by atoms with Crippen LogP contribution in [0.15, 0.2) is 9.59 Å². The van der Waals surface area contributed by atoms with Gasteiger partial charge in [0.25, 0.3) is 5.56 Å². The number of hydrogen-bond donors (Lipinski definition) is 1. The highest BCUT2D eigenvalue weighted by molar-refractivity contribution is 6.01. The molecular formula is C14H22N4O4. The Morgan fingerprint density at radius 3 is 2.27 bits per heavy atom. The van der Waals surface area contributed by atoms with Crippen LogP contribution >= 0.6 is 0 Å². The first-order valence-corrected chi connectivity index (χ1v) is 7.17. The number of anilines is 1. The average Bonchev–Trinajstić information content (AvgIpc) is 2.47. The lowest BCUT2D eigenvalue weighted by Crippen LogP contribution is -2.52. The quantitative estimate of drug-likeness (QED) is 0.716. The van der Waals surface area contributed by atoms with E-state index in [1.165, 1.54) is 14.1 Å². The maximum atomic E-state index is 12.6. The van der Waals surface area contributed by atoms with E-state index in [4.69, 9.17) is 10.5 Å². The minimum Gasteiger partial charge on any atom is -0.384 e. The van der Waals surface area contributed by atoms with Crippen LogP contribution in [0.5, 0.6) is 0 Å². The summed E-state index contributed by atoms with van der Waals surface area (Å²) in [5, 5.41) is 0. The normalized spacial score (nSPS) is 22.7. The zero-order valence-electron chi connectivity index (χ0n) is 13.3. The minimum absolute atomic E-state index is 0.0728. The van der Waals surface area contributed by atoms with Gasteiger partial charge < -0.3 is 10.5 Å². The van der Waals surface area contributed by atoms with Crippen LogP contribution in [0.25, 0.3) is 0 Å². The van der Waals surface area contributed by atoms with E-state index in [1.807, 2.05) is 18.7 Å².